The van der Waals surface area contributed by atoms with Crippen LogP contribution in [0.1, 0.15) is 34.8 Å². The van der Waals surface area contributed by atoms with Crippen molar-refractivity contribution in [2.24, 2.45) is 5.16 Å². The van der Waals surface area contributed by atoms with Crippen molar-refractivity contribution in [3.05, 3.63) is 70.1 Å². The van der Waals surface area contributed by atoms with E-state index in [1.54, 1.807) is 30.6 Å². The van der Waals surface area contributed by atoms with Gasteiger partial charge in [-0.3, -0.25) is 0 Å². The number of rotatable bonds is 4. The molecule has 3 aliphatic rings. The first-order chi connectivity index (χ1) is 14.2. The van der Waals surface area contributed by atoms with Gasteiger partial charge in [-0.2, -0.15) is 0 Å². The maximum atomic E-state index is 11.5. The normalized spacial score (nSPS) is 24.6. The lowest BCUT2D eigenvalue weighted by molar-refractivity contribution is 0.162. The number of fused-ring (bicyclic) bond motifs is 2. The zero-order valence-electron chi connectivity index (χ0n) is 16.0. The second-order valence-corrected chi connectivity index (χ2v) is 9.75. The molecule has 0 radical (unpaired) electrons. The molecule has 0 bridgehead atoms. The number of aliphatic hydroxyl groups excluding tert-OH is 1. The van der Waals surface area contributed by atoms with E-state index in [0.717, 1.165) is 46.7 Å². The van der Waals surface area contributed by atoms with Gasteiger partial charge in [0.15, 0.2) is 11.5 Å². The van der Waals surface area contributed by atoms with Crippen molar-refractivity contribution >= 4 is 29.2 Å². The Kier molecular flexibility index (Phi) is 4.97. The molecule has 2 aliphatic heterocycles. The molecule has 2 aromatic carbocycles. The van der Waals surface area contributed by atoms with Crippen molar-refractivity contribution in [3.63, 3.8) is 0 Å². The van der Waals surface area contributed by atoms with E-state index in [-0.39, 0.29) is 6.79 Å². The standard InChI is InChI=1S/C22H21NO4S2/c1-25-23-18-7-3-14-11-16(5-6-17(14)18)22(28-9-2-10-29-22)21(24)15-4-8-19-20(12-15)27-13-26-19/h2,4-6,8-9,11-12,21,24H,3,7,10,13H2,1H3. The fourth-order valence-corrected chi connectivity index (χ4v) is 6.76. The molecule has 150 valence electrons. The van der Waals surface area contributed by atoms with Gasteiger partial charge in [-0.15, -0.1) is 23.5 Å². The third-order valence-corrected chi connectivity index (χ3v) is 8.48. The lowest BCUT2D eigenvalue weighted by Crippen LogP contribution is -2.28. The molecule has 2 aromatic rings. The number of aliphatic hydroxyl groups is 1. The fourth-order valence-electron chi connectivity index (χ4n) is 4.04. The zero-order valence-corrected chi connectivity index (χ0v) is 17.6. The van der Waals surface area contributed by atoms with Crippen molar-refractivity contribution in [2.75, 3.05) is 19.7 Å². The Hall–Kier alpha value is -2.09. The maximum absolute atomic E-state index is 11.5. The molecule has 1 N–H and O–H groups in total. The van der Waals surface area contributed by atoms with Crippen LogP contribution in [0.15, 0.2) is 53.0 Å². The number of nitrogens with zero attached hydrogens (tertiary/aromatic N) is 1. The highest BCUT2D eigenvalue weighted by atomic mass is 32.2. The molecule has 2 unspecified atom stereocenters. The van der Waals surface area contributed by atoms with Crippen LogP contribution in [0.5, 0.6) is 11.5 Å². The van der Waals surface area contributed by atoms with Crippen molar-refractivity contribution in [1.29, 1.82) is 0 Å². The van der Waals surface area contributed by atoms with Crippen LogP contribution in [0.25, 0.3) is 0 Å². The summed E-state index contributed by atoms with van der Waals surface area (Å²) in [7, 11) is 1.58. The number of ether oxygens (including phenoxy) is 2. The van der Waals surface area contributed by atoms with E-state index >= 15 is 0 Å². The van der Waals surface area contributed by atoms with Crippen molar-refractivity contribution in [3.8, 4) is 11.5 Å². The number of hydrogen-bond donors (Lipinski definition) is 1. The molecule has 0 saturated heterocycles. The van der Waals surface area contributed by atoms with Gasteiger partial charge in [-0.1, -0.05) is 35.5 Å². The molecule has 7 heteroatoms. The maximum Gasteiger partial charge on any atom is 0.231 e. The highest BCUT2D eigenvalue weighted by molar-refractivity contribution is 8.19. The predicted octanol–water partition coefficient (Wildman–Crippen LogP) is 4.59. The first-order valence-electron chi connectivity index (χ1n) is 9.49. The van der Waals surface area contributed by atoms with Crippen LogP contribution in [0.4, 0.5) is 0 Å². The van der Waals surface area contributed by atoms with E-state index in [1.165, 1.54) is 5.56 Å². The summed E-state index contributed by atoms with van der Waals surface area (Å²) in [4.78, 5) is 4.99. The average molecular weight is 428 g/mol. The molecule has 0 spiro atoms. The van der Waals surface area contributed by atoms with E-state index in [2.05, 4.69) is 34.8 Å². The van der Waals surface area contributed by atoms with Crippen LogP contribution < -0.4 is 9.47 Å². The summed E-state index contributed by atoms with van der Waals surface area (Å²) in [5.41, 5.74) is 5.32. The topological polar surface area (TPSA) is 60.3 Å². The van der Waals surface area contributed by atoms with E-state index < -0.39 is 10.2 Å². The van der Waals surface area contributed by atoms with Gasteiger partial charge < -0.3 is 19.4 Å². The summed E-state index contributed by atoms with van der Waals surface area (Å²) in [6.45, 7) is 0.225. The highest BCUT2D eigenvalue weighted by Crippen LogP contribution is 2.58. The van der Waals surface area contributed by atoms with Crippen LogP contribution in [0.3, 0.4) is 0 Å². The summed E-state index contributed by atoms with van der Waals surface area (Å²) in [6.07, 6.45) is 3.25. The van der Waals surface area contributed by atoms with Gasteiger partial charge in [0, 0.05) is 11.3 Å². The summed E-state index contributed by atoms with van der Waals surface area (Å²) < 4.78 is 10.4. The molecule has 5 rings (SSSR count). The summed E-state index contributed by atoms with van der Waals surface area (Å²) >= 11 is 3.42. The van der Waals surface area contributed by atoms with Gasteiger partial charge in [-0.25, -0.2) is 0 Å². The van der Waals surface area contributed by atoms with Gasteiger partial charge in [0.25, 0.3) is 0 Å². The predicted molar refractivity (Wildman–Crippen MR) is 117 cm³/mol. The Morgan fingerprint density at radius 2 is 2.03 bits per heavy atom. The Balaban J connectivity index is 1.55. The monoisotopic (exact) mass is 427 g/mol. The summed E-state index contributed by atoms with van der Waals surface area (Å²) in [6, 6.07) is 12.1. The number of oxime groups is 1. The molecule has 0 aromatic heterocycles. The minimum absolute atomic E-state index is 0.225. The molecule has 5 nitrogen and oxygen atoms in total. The summed E-state index contributed by atoms with van der Waals surface area (Å²) in [5.74, 6) is 2.26. The first kappa shape index (κ1) is 18.9. The highest BCUT2D eigenvalue weighted by Gasteiger charge is 2.43. The minimum Gasteiger partial charge on any atom is -0.454 e. The summed E-state index contributed by atoms with van der Waals surface area (Å²) in [5, 5.41) is 17.8. The van der Waals surface area contributed by atoms with Gasteiger partial charge in [0.1, 0.15) is 17.3 Å². The first-order valence-corrected chi connectivity index (χ1v) is 11.4. The number of benzene rings is 2. The molecule has 29 heavy (non-hydrogen) atoms. The van der Waals surface area contributed by atoms with Gasteiger partial charge in [0.05, 0.1) is 5.71 Å². The number of hydrogen-bond acceptors (Lipinski definition) is 7. The largest absolute Gasteiger partial charge is 0.454 e. The molecular formula is C22H21NO4S2. The van der Waals surface area contributed by atoms with Gasteiger partial charge >= 0.3 is 0 Å². The number of thioether (sulfide) groups is 2. The zero-order chi connectivity index (χ0) is 19.8. The lowest BCUT2D eigenvalue weighted by Gasteiger charge is -2.38. The average Bonchev–Trinajstić information content (AvgIpc) is 3.40. The quantitative estimate of drug-likeness (QED) is 0.720. The van der Waals surface area contributed by atoms with Gasteiger partial charge in [0.2, 0.25) is 6.79 Å². The van der Waals surface area contributed by atoms with Crippen molar-refractivity contribution < 1.29 is 19.4 Å². The molecule has 0 saturated carbocycles. The molecular weight excluding hydrogens is 406 g/mol. The Bertz CT molecular complexity index is 1010. The third-order valence-electron chi connectivity index (χ3n) is 5.46. The molecule has 0 fully saturated rings. The number of aryl methyl sites for hydroxylation is 1. The van der Waals surface area contributed by atoms with Crippen molar-refractivity contribution in [2.45, 2.75) is 23.0 Å². The second kappa shape index (κ2) is 7.63. The second-order valence-electron chi connectivity index (χ2n) is 7.08. The fraction of sp³-hybridized carbons (Fsp3) is 0.318. The molecule has 1 aliphatic carbocycles. The lowest BCUT2D eigenvalue weighted by atomic mass is 9.96. The minimum atomic E-state index is -0.705. The Labute approximate surface area is 178 Å². The third kappa shape index (κ3) is 3.21. The smallest absolute Gasteiger partial charge is 0.231 e. The van der Waals surface area contributed by atoms with Crippen LogP contribution >= 0.6 is 23.5 Å². The molecule has 2 heterocycles. The van der Waals surface area contributed by atoms with E-state index in [1.807, 2.05) is 18.2 Å². The molecule has 2 atom stereocenters. The Morgan fingerprint density at radius 3 is 2.86 bits per heavy atom. The van der Waals surface area contributed by atoms with E-state index in [9.17, 15) is 5.11 Å². The van der Waals surface area contributed by atoms with Crippen LogP contribution in [0, 0.1) is 0 Å². The SMILES string of the molecule is CON=C1CCc2cc(C3(C(O)c4ccc5c(c4)OCO5)SC=CCS3)ccc21. The van der Waals surface area contributed by atoms with Crippen LogP contribution in [-0.4, -0.2) is 30.5 Å². The van der Waals surface area contributed by atoms with Crippen LogP contribution in [0.2, 0.25) is 0 Å². The van der Waals surface area contributed by atoms with E-state index in [0.29, 0.717) is 5.75 Å². The van der Waals surface area contributed by atoms with Gasteiger partial charge in [-0.05, 0) is 47.1 Å². The molecule has 0 amide bonds. The van der Waals surface area contributed by atoms with E-state index in [4.69, 9.17) is 14.3 Å². The van der Waals surface area contributed by atoms with Crippen LogP contribution in [-0.2, 0) is 15.3 Å². The Morgan fingerprint density at radius 1 is 1.14 bits per heavy atom. The van der Waals surface area contributed by atoms with Crippen molar-refractivity contribution in [1.82, 2.24) is 0 Å².